The van der Waals surface area contributed by atoms with E-state index in [1.165, 1.54) is 5.01 Å². The predicted molar refractivity (Wildman–Crippen MR) is 110 cm³/mol. The Balaban J connectivity index is 1.47. The largest absolute Gasteiger partial charge is 0.324 e. The fourth-order valence-corrected chi connectivity index (χ4v) is 3.81. The second-order valence-electron chi connectivity index (χ2n) is 6.82. The van der Waals surface area contributed by atoms with Crippen LogP contribution in [-0.4, -0.2) is 47.6 Å². The molecular formula is C20H19N5O3S. The van der Waals surface area contributed by atoms with E-state index < -0.39 is 23.9 Å². The SMILES string of the molecule is CSc1cccc(NC(=O)CN2N=N[C@H]3C(=O)N(c4ccc(C)cc4)C(=O)[C@H]32)c1. The van der Waals surface area contributed by atoms with Crippen molar-refractivity contribution in [2.75, 3.05) is 23.0 Å². The molecule has 2 atom stereocenters. The van der Waals surface area contributed by atoms with Crippen LogP contribution in [0, 0.1) is 6.92 Å². The maximum Gasteiger partial charge on any atom is 0.263 e. The lowest BCUT2D eigenvalue weighted by atomic mass is 10.1. The van der Waals surface area contributed by atoms with Crippen molar-refractivity contribution in [2.24, 2.45) is 10.3 Å². The van der Waals surface area contributed by atoms with E-state index in [4.69, 9.17) is 0 Å². The molecule has 1 N–H and O–H groups in total. The standard InChI is InChI=1S/C20H19N5O3S/c1-12-6-8-14(9-7-12)25-19(27)17-18(20(25)28)24(23-22-17)11-16(26)21-13-4-3-5-15(10-13)29-2/h3-10,17-18H,11H2,1-2H3,(H,21,26)/t17-,18+/m1/s1. The lowest BCUT2D eigenvalue weighted by Crippen LogP contribution is -2.43. The fourth-order valence-electron chi connectivity index (χ4n) is 3.35. The lowest BCUT2D eigenvalue weighted by Gasteiger charge is -2.20. The smallest absolute Gasteiger partial charge is 0.263 e. The number of aryl methyl sites for hydroxylation is 1. The molecule has 2 aliphatic heterocycles. The highest BCUT2D eigenvalue weighted by atomic mass is 32.2. The van der Waals surface area contributed by atoms with E-state index in [1.807, 2.05) is 43.5 Å². The molecule has 0 unspecified atom stereocenters. The summed E-state index contributed by atoms with van der Waals surface area (Å²) in [4.78, 5) is 40.2. The number of anilines is 2. The number of fused-ring (bicyclic) bond motifs is 1. The molecule has 8 nitrogen and oxygen atoms in total. The molecule has 0 radical (unpaired) electrons. The van der Waals surface area contributed by atoms with Crippen LogP contribution >= 0.6 is 11.8 Å². The molecule has 148 valence electrons. The molecule has 1 fully saturated rings. The molecule has 1 saturated heterocycles. The number of thioether (sulfide) groups is 1. The lowest BCUT2D eigenvalue weighted by molar-refractivity contribution is -0.123. The number of benzene rings is 2. The number of imide groups is 1. The van der Waals surface area contributed by atoms with Gasteiger partial charge in [-0.2, -0.15) is 5.11 Å². The first kappa shape index (κ1) is 19.1. The summed E-state index contributed by atoms with van der Waals surface area (Å²) in [7, 11) is 0. The third-order valence-corrected chi connectivity index (χ3v) is 5.53. The van der Waals surface area contributed by atoms with Gasteiger partial charge < -0.3 is 5.32 Å². The third kappa shape index (κ3) is 3.61. The Hall–Kier alpha value is -3.20. The molecule has 0 saturated carbocycles. The van der Waals surface area contributed by atoms with E-state index in [-0.39, 0.29) is 12.5 Å². The van der Waals surface area contributed by atoms with Gasteiger partial charge in [-0.25, -0.2) is 4.90 Å². The summed E-state index contributed by atoms with van der Waals surface area (Å²) in [5, 5.41) is 11.9. The molecule has 2 aliphatic rings. The van der Waals surface area contributed by atoms with E-state index in [0.717, 1.165) is 15.4 Å². The topological polar surface area (TPSA) is 94.4 Å². The molecule has 29 heavy (non-hydrogen) atoms. The Labute approximate surface area is 171 Å². The van der Waals surface area contributed by atoms with E-state index in [2.05, 4.69) is 15.7 Å². The molecule has 0 spiro atoms. The van der Waals surface area contributed by atoms with Crippen LogP contribution in [0.4, 0.5) is 11.4 Å². The van der Waals surface area contributed by atoms with Crippen molar-refractivity contribution in [2.45, 2.75) is 23.9 Å². The van der Waals surface area contributed by atoms with Crippen LogP contribution in [-0.2, 0) is 14.4 Å². The molecule has 4 rings (SSSR count). The van der Waals surface area contributed by atoms with Crippen LogP contribution in [0.3, 0.4) is 0 Å². The maximum absolute atomic E-state index is 12.9. The van der Waals surface area contributed by atoms with Crippen molar-refractivity contribution in [3.63, 3.8) is 0 Å². The monoisotopic (exact) mass is 409 g/mol. The average Bonchev–Trinajstić information content (AvgIpc) is 3.23. The van der Waals surface area contributed by atoms with Gasteiger partial charge in [-0.15, -0.1) is 11.8 Å². The molecule has 9 heteroatoms. The summed E-state index contributed by atoms with van der Waals surface area (Å²) in [5.74, 6) is -1.19. The summed E-state index contributed by atoms with van der Waals surface area (Å²) in [5.41, 5.74) is 2.18. The summed E-state index contributed by atoms with van der Waals surface area (Å²) >= 11 is 1.57. The highest BCUT2D eigenvalue weighted by Gasteiger charge is 2.55. The van der Waals surface area contributed by atoms with Crippen molar-refractivity contribution >= 4 is 40.9 Å². The maximum atomic E-state index is 12.9. The fraction of sp³-hybridized carbons (Fsp3) is 0.250. The van der Waals surface area contributed by atoms with E-state index >= 15 is 0 Å². The number of amides is 3. The molecule has 0 bridgehead atoms. The minimum Gasteiger partial charge on any atom is -0.324 e. The first-order chi connectivity index (χ1) is 14.0. The van der Waals surface area contributed by atoms with Gasteiger partial charge in [-0.1, -0.05) is 29.0 Å². The van der Waals surface area contributed by atoms with Gasteiger partial charge in [0.2, 0.25) is 5.91 Å². The summed E-state index contributed by atoms with van der Waals surface area (Å²) < 4.78 is 0. The van der Waals surface area contributed by atoms with Gasteiger partial charge in [0.1, 0.15) is 6.54 Å². The van der Waals surface area contributed by atoms with Gasteiger partial charge in [0.25, 0.3) is 11.8 Å². The quantitative estimate of drug-likeness (QED) is 0.605. The zero-order valence-corrected chi connectivity index (χ0v) is 16.7. The van der Waals surface area contributed by atoms with E-state index in [0.29, 0.717) is 11.4 Å². The van der Waals surface area contributed by atoms with Crippen LogP contribution in [0.1, 0.15) is 5.56 Å². The van der Waals surface area contributed by atoms with Gasteiger partial charge in [0, 0.05) is 10.6 Å². The molecule has 0 aromatic heterocycles. The first-order valence-electron chi connectivity index (χ1n) is 9.04. The van der Waals surface area contributed by atoms with Gasteiger partial charge in [0.15, 0.2) is 12.1 Å². The number of hydrogen-bond acceptors (Lipinski definition) is 7. The molecule has 2 aromatic rings. The normalized spacial score (nSPS) is 20.3. The molecule has 0 aliphatic carbocycles. The summed E-state index contributed by atoms with van der Waals surface area (Å²) in [6, 6.07) is 12.7. The van der Waals surface area contributed by atoms with Crippen LogP contribution < -0.4 is 10.2 Å². The third-order valence-electron chi connectivity index (χ3n) is 4.81. The number of hydrogen-bond donors (Lipinski definition) is 1. The molecule has 2 aromatic carbocycles. The van der Waals surface area contributed by atoms with Crippen molar-refractivity contribution in [3.05, 3.63) is 54.1 Å². The van der Waals surface area contributed by atoms with Crippen molar-refractivity contribution in [3.8, 4) is 0 Å². The highest BCUT2D eigenvalue weighted by Crippen LogP contribution is 2.31. The number of rotatable bonds is 5. The predicted octanol–water partition coefficient (Wildman–Crippen LogP) is 2.65. The minimum atomic E-state index is -0.920. The Bertz CT molecular complexity index is 1010. The Morgan fingerprint density at radius 2 is 1.90 bits per heavy atom. The van der Waals surface area contributed by atoms with Gasteiger partial charge in [-0.05, 0) is 43.5 Å². The Morgan fingerprint density at radius 3 is 2.62 bits per heavy atom. The first-order valence-corrected chi connectivity index (χ1v) is 10.3. The number of nitrogens with zero attached hydrogens (tertiary/aromatic N) is 4. The number of carbonyl (C=O) groups is 3. The van der Waals surface area contributed by atoms with Crippen molar-refractivity contribution in [1.82, 2.24) is 5.01 Å². The van der Waals surface area contributed by atoms with Crippen LogP contribution in [0.25, 0.3) is 0 Å². The highest BCUT2D eigenvalue weighted by molar-refractivity contribution is 7.98. The summed E-state index contributed by atoms with van der Waals surface area (Å²) in [6.45, 7) is 1.75. The van der Waals surface area contributed by atoms with Crippen LogP contribution in [0.2, 0.25) is 0 Å². The molecular weight excluding hydrogens is 390 g/mol. The average molecular weight is 409 g/mol. The van der Waals surface area contributed by atoms with Crippen LogP contribution in [0.5, 0.6) is 0 Å². The number of carbonyl (C=O) groups excluding carboxylic acids is 3. The zero-order chi connectivity index (χ0) is 20.5. The Morgan fingerprint density at radius 1 is 1.14 bits per heavy atom. The second-order valence-corrected chi connectivity index (χ2v) is 7.70. The second kappa shape index (κ2) is 7.67. The van der Waals surface area contributed by atoms with E-state index in [1.54, 1.807) is 30.0 Å². The minimum absolute atomic E-state index is 0.172. The molecule has 2 heterocycles. The number of nitrogens with one attached hydrogen (secondary N) is 1. The zero-order valence-electron chi connectivity index (χ0n) is 15.9. The Kier molecular flexibility index (Phi) is 5.06. The van der Waals surface area contributed by atoms with E-state index in [9.17, 15) is 14.4 Å². The van der Waals surface area contributed by atoms with Gasteiger partial charge in [-0.3, -0.25) is 19.4 Å². The van der Waals surface area contributed by atoms with Crippen LogP contribution in [0.15, 0.2) is 63.8 Å². The summed E-state index contributed by atoms with van der Waals surface area (Å²) in [6.07, 6.45) is 1.95. The van der Waals surface area contributed by atoms with Gasteiger partial charge in [0.05, 0.1) is 5.69 Å². The van der Waals surface area contributed by atoms with Crippen molar-refractivity contribution < 1.29 is 14.4 Å². The van der Waals surface area contributed by atoms with Gasteiger partial charge >= 0.3 is 0 Å². The molecule has 3 amide bonds. The van der Waals surface area contributed by atoms with Crippen molar-refractivity contribution in [1.29, 1.82) is 0 Å².